The monoisotopic (exact) mass is 567 g/mol. The molecule has 11 heteroatoms. The van der Waals surface area contributed by atoms with Gasteiger partial charge >= 0.3 is 11.8 Å². The SMILES string of the molecule is COc1cc(C)c(S(=O)(=O)N(Cc2nnc(C(=O)N(C)Cc3ccc(CN4CCCC4)cc3)o2)C2CC2)c(C)c1. The Morgan fingerprint density at radius 2 is 1.65 bits per heavy atom. The van der Waals surface area contributed by atoms with Crippen molar-refractivity contribution >= 4 is 15.9 Å². The standard InChI is InChI=1S/C29H37N5O5S/c1-20-15-25(38-4)16-21(2)27(20)40(36,37)34(24-11-12-24)19-26-30-31-28(39-26)29(35)32(3)17-22-7-9-23(10-8-22)18-33-13-5-6-14-33/h7-10,15-16,24H,5-6,11-14,17-19H2,1-4H3. The maximum absolute atomic E-state index is 13.7. The fourth-order valence-electron chi connectivity index (χ4n) is 5.32. The topological polar surface area (TPSA) is 109 Å². The van der Waals surface area contributed by atoms with E-state index in [0.29, 0.717) is 23.4 Å². The van der Waals surface area contributed by atoms with Gasteiger partial charge < -0.3 is 14.1 Å². The molecule has 1 aromatic heterocycles. The summed E-state index contributed by atoms with van der Waals surface area (Å²) in [6.07, 6.45) is 4.04. The van der Waals surface area contributed by atoms with Crippen LogP contribution in [0.2, 0.25) is 0 Å². The van der Waals surface area contributed by atoms with Crippen LogP contribution in [0.5, 0.6) is 5.75 Å². The Balaban J connectivity index is 1.25. The number of nitrogens with zero attached hydrogens (tertiary/aromatic N) is 5. The van der Waals surface area contributed by atoms with Crippen LogP contribution in [-0.2, 0) is 29.7 Å². The lowest BCUT2D eigenvalue weighted by Crippen LogP contribution is -2.33. The summed E-state index contributed by atoms with van der Waals surface area (Å²) in [5.41, 5.74) is 3.47. The number of hydrogen-bond acceptors (Lipinski definition) is 8. The third kappa shape index (κ3) is 6.21. The lowest BCUT2D eigenvalue weighted by molar-refractivity contribution is 0.0742. The van der Waals surface area contributed by atoms with Gasteiger partial charge in [-0.15, -0.1) is 10.2 Å². The number of aryl methyl sites for hydroxylation is 2. The molecule has 1 aliphatic carbocycles. The van der Waals surface area contributed by atoms with Gasteiger partial charge in [-0.25, -0.2) is 8.42 Å². The molecule has 10 nitrogen and oxygen atoms in total. The second-order valence-electron chi connectivity index (χ2n) is 10.8. The highest BCUT2D eigenvalue weighted by Crippen LogP contribution is 2.36. The summed E-state index contributed by atoms with van der Waals surface area (Å²) in [4.78, 5) is 17.3. The molecule has 1 saturated heterocycles. The molecule has 2 aromatic carbocycles. The largest absolute Gasteiger partial charge is 0.497 e. The number of ether oxygens (including phenoxy) is 1. The van der Waals surface area contributed by atoms with Crippen molar-refractivity contribution in [2.24, 2.45) is 0 Å². The van der Waals surface area contributed by atoms with Gasteiger partial charge in [-0.05, 0) is 87.0 Å². The highest BCUT2D eigenvalue weighted by Gasteiger charge is 2.40. The number of benzene rings is 2. The molecule has 2 heterocycles. The van der Waals surface area contributed by atoms with Crippen LogP contribution >= 0.6 is 0 Å². The van der Waals surface area contributed by atoms with Crippen LogP contribution in [-0.4, -0.2) is 71.9 Å². The van der Waals surface area contributed by atoms with Crippen molar-refractivity contribution in [3.8, 4) is 5.75 Å². The Hall–Kier alpha value is -3.28. The minimum Gasteiger partial charge on any atom is -0.497 e. The van der Waals surface area contributed by atoms with Gasteiger partial charge in [0, 0.05) is 26.2 Å². The highest BCUT2D eigenvalue weighted by atomic mass is 32.2. The number of amides is 1. The smallest absolute Gasteiger partial charge is 0.311 e. The summed E-state index contributed by atoms with van der Waals surface area (Å²) in [6, 6.07) is 11.6. The summed E-state index contributed by atoms with van der Waals surface area (Å²) >= 11 is 0. The van der Waals surface area contributed by atoms with Gasteiger partial charge in [0.1, 0.15) is 5.75 Å². The van der Waals surface area contributed by atoms with E-state index >= 15 is 0 Å². The van der Waals surface area contributed by atoms with E-state index in [1.807, 2.05) is 12.1 Å². The van der Waals surface area contributed by atoms with Gasteiger partial charge in [0.05, 0.1) is 18.6 Å². The van der Waals surface area contributed by atoms with Crippen LogP contribution < -0.4 is 4.74 Å². The third-order valence-corrected chi connectivity index (χ3v) is 9.73. The second kappa shape index (κ2) is 11.7. The number of likely N-dealkylation sites (tertiary alicyclic amines) is 1. The minimum absolute atomic E-state index is 0.0855. The molecule has 2 fully saturated rings. The molecule has 3 aromatic rings. The maximum atomic E-state index is 13.7. The maximum Gasteiger partial charge on any atom is 0.311 e. The summed E-state index contributed by atoms with van der Waals surface area (Å²) in [5, 5.41) is 7.97. The van der Waals surface area contributed by atoms with Gasteiger partial charge in [0.15, 0.2) is 0 Å². The predicted molar refractivity (Wildman–Crippen MR) is 149 cm³/mol. The van der Waals surface area contributed by atoms with Gasteiger partial charge in [-0.2, -0.15) is 4.31 Å². The third-order valence-electron chi connectivity index (χ3n) is 7.53. The Bertz CT molecular complexity index is 1440. The fourth-order valence-corrected chi connectivity index (χ4v) is 7.37. The van der Waals surface area contributed by atoms with Crippen LogP contribution in [0, 0.1) is 13.8 Å². The van der Waals surface area contributed by atoms with Crippen LogP contribution in [0.15, 0.2) is 45.7 Å². The molecule has 214 valence electrons. The summed E-state index contributed by atoms with van der Waals surface area (Å²) in [6.45, 7) is 7.05. The zero-order chi connectivity index (χ0) is 28.4. The zero-order valence-corrected chi connectivity index (χ0v) is 24.4. The molecule has 0 radical (unpaired) electrons. The lowest BCUT2D eigenvalue weighted by atomic mass is 10.1. The zero-order valence-electron chi connectivity index (χ0n) is 23.6. The van der Waals surface area contributed by atoms with Crippen molar-refractivity contribution in [1.82, 2.24) is 24.3 Å². The normalized spacial score (nSPS) is 16.0. The van der Waals surface area contributed by atoms with Crippen molar-refractivity contribution in [2.75, 3.05) is 27.2 Å². The number of carbonyl (C=O) groups is 1. The first-order chi connectivity index (χ1) is 19.2. The number of sulfonamides is 1. The van der Waals surface area contributed by atoms with E-state index in [1.54, 1.807) is 40.1 Å². The molecule has 0 unspecified atom stereocenters. The van der Waals surface area contributed by atoms with Crippen LogP contribution in [0.4, 0.5) is 0 Å². The van der Waals surface area contributed by atoms with E-state index in [9.17, 15) is 13.2 Å². The van der Waals surface area contributed by atoms with E-state index in [-0.39, 0.29) is 29.3 Å². The molecular formula is C29H37N5O5S. The van der Waals surface area contributed by atoms with Gasteiger partial charge in [0.2, 0.25) is 15.9 Å². The van der Waals surface area contributed by atoms with Crippen molar-refractivity contribution in [3.63, 3.8) is 0 Å². The van der Waals surface area contributed by atoms with Crippen molar-refractivity contribution in [2.45, 2.75) is 70.1 Å². The molecule has 0 spiro atoms. The van der Waals surface area contributed by atoms with E-state index < -0.39 is 15.9 Å². The molecule has 0 atom stereocenters. The molecule has 1 amide bonds. The molecule has 1 aliphatic heterocycles. The van der Waals surface area contributed by atoms with Crippen molar-refractivity contribution in [1.29, 1.82) is 0 Å². The van der Waals surface area contributed by atoms with E-state index in [0.717, 1.165) is 38.0 Å². The summed E-state index contributed by atoms with van der Waals surface area (Å²) < 4.78 is 39.9. The molecule has 40 heavy (non-hydrogen) atoms. The van der Waals surface area contributed by atoms with Gasteiger partial charge in [0.25, 0.3) is 0 Å². The number of aromatic nitrogens is 2. The van der Waals surface area contributed by atoms with Gasteiger partial charge in [-0.1, -0.05) is 24.3 Å². The first kappa shape index (κ1) is 28.3. The quantitative estimate of drug-likeness (QED) is 0.343. The molecule has 5 rings (SSSR count). The highest BCUT2D eigenvalue weighted by molar-refractivity contribution is 7.89. The van der Waals surface area contributed by atoms with Crippen molar-refractivity contribution in [3.05, 3.63) is 70.4 Å². The first-order valence-electron chi connectivity index (χ1n) is 13.7. The van der Waals surface area contributed by atoms with E-state index in [1.165, 1.54) is 27.6 Å². The van der Waals surface area contributed by atoms with Crippen LogP contribution in [0.1, 0.15) is 64.5 Å². The Morgan fingerprint density at radius 3 is 2.25 bits per heavy atom. The number of hydrogen-bond donors (Lipinski definition) is 0. The molecule has 0 N–H and O–H groups in total. The second-order valence-corrected chi connectivity index (χ2v) is 12.7. The van der Waals surface area contributed by atoms with Crippen LogP contribution in [0.25, 0.3) is 0 Å². The summed E-state index contributed by atoms with van der Waals surface area (Å²) in [7, 11) is -0.617. The van der Waals surface area contributed by atoms with E-state index in [4.69, 9.17) is 9.15 Å². The number of carbonyl (C=O) groups excluding carboxylic acids is 1. The van der Waals surface area contributed by atoms with Crippen molar-refractivity contribution < 1.29 is 22.4 Å². The summed E-state index contributed by atoms with van der Waals surface area (Å²) in [5.74, 6) is 0.118. The minimum atomic E-state index is -3.85. The predicted octanol–water partition coefficient (Wildman–Crippen LogP) is 3.92. The molecular weight excluding hydrogens is 530 g/mol. The lowest BCUT2D eigenvalue weighted by Gasteiger charge is -2.23. The average Bonchev–Trinajstić information content (AvgIpc) is 3.41. The Kier molecular flexibility index (Phi) is 8.25. The average molecular weight is 568 g/mol. The number of methoxy groups -OCH3 is 1. The fraction of sp³-hybridized carbons (Fsp3) is 0.483. The van der Waals surface area contributed by atoms with Crippen LogP contribution in [0.3, 0.4) is 0 Å². The first-order valence-corrected chi connectivity index (χ1v) is 15.1. The number of rotatable bonds is 11. The van der Waals surface area contributed by atoms with E-state index in [2.05, 4.69) is 27.2 Å². The Morgan fingerprint density at radius 1 is 1.02 bits per heavy atom. The molecule has 0 bridgehead atoms. The molecule has 2 aliphatic rings. The molecule has 1 saturated carbocycles. The Labute approximate surface area is 236 Å². The van der Waals surface area contributed by atoms with Gasteiger partial charge in [-0.3, -0.25) is 9.69 Å².